The van der Waals surface area contributed by atoms with Crippen molar-refractivity contribution in [3.05, 3.63) is 53.6 Å². The third-order valence-electron chi connectivity index (χ3n) is 3.24. The number of benzene rings is 2. The molecule has 5 nitrogen and oxygen atoms in total. The summed E-state index contributed by atoms with van der Waals surface area (Å²) in [5.74, 6) is 1.53. The van der Waals surface area contributed by atoms with Gasteiger partial charge < -0.3 is 19.5 Å². The molecule has 0 aliphatic heterocycles. The molecule has 2 aromatic carbocycles. The largest absolute Gasteiger partial charge is 0.493 e. The lowest BCUT2D eigenvalue weighted by atomic mass is 10.3. The maximum absolute atomic E-state index is 12.0. The normalized spacial score (nSPS) is 11.5. The Hall–Kier alpha value is -2.40. The zero-order valence-electron chi connectivity index (χ0n) is 13.6. The average molecular weight is 350 g/mol. The van der Waals surface area contributed by atoms with Crippen LogP contribution in [0.25, 0.3) is 0 Å². The molecule has 0 aliphatic carbocycles. The number of ether oxygens (including phenoxy) is 3. The Labute approximate surface area is 146 Å². The Bertz CT molecular complexity index is 678. The minimum atomic E-state index is -0.656. The quantitative estimate of drug-likeness (QED) is 0.743. The van der Waals surface area contributed by atoms with Gasteiger partial charge >= 0.3 is 0 Å². The number of rotatable bonds is 8. The Kier molecular flexibility index (Phi) is 6.75. The Morgan fingerprint density at radius 3 is 2.38 bits per heavy atom. The van der Waals surface area contributed by atoms with Crippen molar-refractivity contribution in [2.24, 2.45) is 0 Å². The molecule has 2 aromatic rings. The van der Waals surface area contributed by atoms with Crippen LogP contribution < -0.4 is 19.5 Å². The number of nitrogens with one attached hydrogen (secondary N) is 1. The summed E-state index contributed by atoms with van der Waals surface area (Å²) in [4.78, 5) is 12.0. The molecule has 0 unspecified atom stereocenters. The topological polar surface area (TPSA) is 56.8 Å². The number of para-hydroxylation sites is 3. The molecule has 6 heteroatoms. The Morgan fingerprint density at radius 2 is 1.71 bits per heavy atom. The molecule has 1 amide bonds. The second-order valence-corrected chi connectivity index (χ2v) is 5.39. The van der Waals surface area contributed by atoms with Crippen molar-refractivity contribution >= 4 is 17.5 Å². The molecule has 24 heavy (non-hydrogen) atoms. The van der Waals surface area contributed by atoms with E-state index in [0.29, 0.717) is 35.4 Å². The molecule has 1 atom stereocenters. The summed E-state index contributed by atoms with van der Waals surface area (Å²) in [7, 11) is 1.58. The predicted molar refractivity (Wildman–Crippen MR) is 93.0 cm³/mol. The molecule has 0 radical (unpaired) electrons. The van der Waals surface area contributed by atoms with E-state index in [1.807, 2.05) is 24.3 Å². The molecule has 1 N–H and O–H groups in total. The fourth-order valence-electron chi connectivity index (χ4n) is 2.00. The molecular weight excluding hydrogens is 330 g/mol. The van der Waals surface area contributed by atoms with Crippen molar-refractivity contribution in [1.29, 1.82) is 0 Å². The van der Waals surface area contributed by atoms with Crippen LogP contribution in [0.3, 0.4) is 0 Å². The van der Waals surface area contributed by atoms with Crippen molar-refractivity contribution in [2.45, 2.75) is 13.0 Å². The van der Waals surface area contributed by atoms with Gasteiger partial charge in [0.1, 0.15) is 12.4 Å². The van der Waals surface area contributed by atoms with Gasteiger partial charge in [-0.2, -0.15) is 0 Å². The highest BCUT2D eigenvalue weighted by Crippen LogP contribution is 2.25. The van der Waals surface area contributed by atoms with E-state index in [2.05, 4.69) is 5.32 Å². The third kappa shape index (κ3) is 5.06. The van der Waals surface area contributed by atoms with Crippen LogP contribution in [0.1, 0.15) is 6.92 Å². The van der Waals surface area contributed by atoms with Gasteiger partial charge in [0, 0.05) is 0 Å². The lowest BCUT2D eigenvalue weighted by molar-refractivity contribution is -0.127. The maximum Gasteiger partial charge on any atom is 0.260 e. The number of hydrogen-bond donors (Lipinski definition) is 1. The minimum Gasteiger partial charge on any atom is -0.493 e. The lowest BCUT2D eigenvalue weighted by Crippen LogP contribution is -2.38. The van der Waals surface area contributed by atoms with Crippen LogP contribution in [0.15, 0.2) is 48.5 Å². The van der Waals surface area contributed by atoms with Crippen molar-refractivity contribution in [2.75, 3.05) is 20.3 Å². The smallest absolute Gasteiger partial charge is 0.260 e. The molecule has 2 rings (SSSR count). The van der Waals surface area contributed by atoms with Gasteiger partial charge in [-0.1, -0.05) is 35.9 Å². The highest BCUT2D eigenvalue weighted by molar-refractivity contribution is 6.32. The van der Waals surface area contributed by atoms with Crippen molar-refractivity contribution in [3.8, 4) is 17.2 Å². The maximum atomic E-state index is 12.0. The SMILES string of the molecule is COc1ccccc1OCCNC(=O)[C@@H](C)Oc1ccccc1Cl. The van der Waals surface area contributed by atoms with E-state index in [9.17, 15) is 4.79 Å². The van der Waals surface area contributed by atoms with Crippen molar-refractivity contribution in [3.63, 3.8) is 0 Å². The van der Waals surface area contributed by atoms with Gasteiger partial charge in [-0.25, -0.2) is 0 Å². The van der Waals surface area contributed by atoms with E-state index in [-0.39, 0.29) is 5.91 Å². The van der Waals surface area contributed by atoms with Crippen LogP contribution in [-0.2, 0) is 4.79 Å². The van der Waals surface area contributed by atoms with Gasteiger partial charge in [-0.3, -0.25) is 4.79 Å². The van der Waals surface area contributed by atoms with Crippen LogP contribution in [-0.4, -0.2) is 32.3 Å². The van der Waals surface area contributed by atoms with Gasteiger partial charge in [0.05, 0.1) is 18.7 Å². The number of amides is 1. The first-order valence-corrected chi connectivity index (χ1v) is 7.94. The first-order chi connectivity index (χ1) is 11.6. The monoisotopic (exact) mass is 349 g/mol. The molecule has 0 fully saturated rings. The first-order valence-electron chi connectivity index (χ1n) is 7.56. The zero-order chi connectivity index (χ0) is 17.4. The fourth-order valence-corrected chi connectivity index (χ4v) is 2.18. The van der Waals surface area contributed by atoms with Crippen molar-refractivity contribution in [1.82, 2.24) is 5.32 Å². The summed E-state index contributed by atoms with van der Waals surface area (Å²) in [5.41, 5.74) is 0. The van der Waals surface area contributed by atoms with Gasteiger partial charge in [0.25, 0.3) is 5.91 Å². The molecule has 0 spiro atoms. The molecule has 128 valence electrons. The van der Waals surface area contributed by atoms with Gasteiger partial charge in [0.15, 0.2) is 17.6 Å². The third-order valence-corrected chi connectivity index (χ3v) is 3.55. The molecule has 0 bridgehead atoms. The highest BCUT2D eigenvalue weighted by Gasteiger charge is 2.15. The summed E-state index contributed by atoms with van der Waals surface area (Å²) >= 11 is 6.01. The Morgan fingerprint density at radius 1 is 1.08 bits per heavy atom. The molecule has 0 saturated heterocycles. The summed E-state index contributed by atoms with van der Waals surface area (Å²) in [6.07, 6.45) is -0.656. The second-order valence-electron chi connectivity index (χ2n) is 4.98. The average Bonchev–Trinajstić information content (AvgIpc) is 2.60. The summed E-state index contributed by atoms with van der Waals surface area (Å²) in [5, 5.41) is 3.23. The van der Waals surface area contributed by atoms with Crippen molar-refractivity contribution < 1.29 is 19.0 Å². The van der Waals surface area contributed by atoms with E-state index >= 15 is 0 Å². The highest BCUT2D eigenvalue weighted by atomic mass is 35.5. The molecule has 0 saturated carbocycles. The first kappa shape index (κ1) is 17.9. The summed E-state index contributed by atoms with van der Waals surface area (Å²) in [6.45, 7) is 2.35. The number of carbonyl (C=O) groups excluding carboxylic acids is 1. The molecule has 0 aromatic heterocycles. The molecular formula is C18H20ClNO4. The number of hydrogen-bond acceptors (Lipinski definition) is 4. The van der Waals surface area contributed by atoms with Crippen LogP contribution in [0.5, 0.6) is 17.2 Å². The van der Waals surface area contributed by atoms with Crippen LogP contribution in [0, 0.1) is 0 Å². The number of carbonyl (C=O) groups is 1. The standard InChI is InChI=1S/C18H20ClNO4/c1-13(24-15-8-4-3-7-14(15)19)18(21)20-11-12-23-17-10-6-5-9-16(17)22-2/h3-10,13H,11-12H2,1-2H3,(H,20,21)/t13-/m1/s1. The van der Waals surface area contributed by atoms with Crippen LogP contribution in [0.2, 0.25) is 5.02 Å². The zero-order valence-corrected chi connectivity index (χ0v) is 14.4. The summed E-state index contributed by atoms with van der Waals surface area (Å²) in [6, 6.07) is 14.4. The number of halogens is 1. The van der Waals surface area contributed by atoms with Gasteiger partial charge in [0.2, 0.25) is 0 Å². The van der Waals surface area contributed by atoms with E-state index in [4.69, 9.17) is 25.8 Å². The minimum absolute atomic E-state index is 0.237. The second kappa shape index (κ2) is 9.03. The summed E-state index contributed by atoms with van der Waals surface area (Å²) < 4.78 is 16.3. The lowest BCUT2D eigenvalue weighted by Gasteiger charge is -2.16. The molecule has 0 aliphatic rings. The molecule has 0 heterocycles. The number of methoxy groups -OCH3 is 1. The predicted octanol–water partition coefficient (Wildman–Crippen LogP) is 3.31. The van der Waals surface area contributed by atoms with E-state index < -0.39 is 6.10 Å². The van der Waals surface area contributed by atoms with Gasteiger partial charge in [-0.15, -0.1) is 0 Å². The fraction of sp³-hybridized carbons (Fsp3) is 0.278. The van der Waals surface area contributed by atoms with E-state index in [1.54, 1.807) is 38.3 Å². The Balaban J connectivity index is 1.75. The van der Waals surface area contributed by atoms with E-state index in [1.165, 1.54) is 0 Å². The van der Waals surface area contributed by atoms with Crippen LogP contribution >= 0.6 is 11.6 Å². The van der Waals surface area contributed by atoms with Crippen LogP contribution in [0.4, 0.5) is 0 Å². The van der Waals surface area contributed by atoms with Gasteiger partial charge in [-0.05, 0) is 31.2 Å². The van der Waals surface area contributed by atoms with E-state index in [0.717, 1.165) is 0 Å².